The highest BCUT2D eigenvalue weighted by molar-refractivity contribution is 6.32. The molecule has 0 heterocycles. The number of halogens is 2. The van der Waals surface area contributed by atoms with E-state index in [-0.39, 0.29) is 18.3 Å². The number of benzene rings is 3. The predicted molar refractivity (Wildman–Crippen MR) is 106 cm³/mol. The lowest BCUT2D eigenvalue weighted by Crippen LogP contribution is -2.20. The lowest BCUT2D eigenvalue weighted by molar-refractivity contribution is -0.118. The zero-order chi connectivity index (χ0) is 19.9. The van der Waals surface area contributed by atoms with E-state index in [1.807, 2.05) is 0 Å². The number of hydrogen-bond acceptors (Lipinski definition) is 3. The number of carbonyl (C=O) groups is 2. The van der Waals surface area contributed by atoms with E-state index in [9.17, 15) is 14.0 Å². The maximum Gasteiger partial charge on any atom is 0.262 e. The van der Waals surface area contributed by atoms with Gasteiger partial charge in [0.1, 0.15) is 11.6 Å². The molecule has 0 unspecified atom stereocenters. The lowest BCUT2D eigenvalue weighted by atomic mass is 10.2. The Morgan fingerprint density at radius 1 is 0.893 bits per heavy atom. The van der Waals surface area contributed by atoms with E-state index in [0.29, 0.717) is 27.7 Å². The fourth-order valence-electron chi connectivity index (χ4n) is 2.38. The van der Waals surface area contributed by atoms with Gasteiger partial charge in [-0.2, -0.15) is 0 Å². The van der Waals surface area contributed by atoms with Gasteiger partial charge in [-0.25, -0.2) is 4.39 Å². The second-order valence-corrected chi connectivity index (χ2v) is 6.22. The van der Waals surface area contributed by atoms with Crippen molar-refractivity contribution in [2.45, 2.75) is 0 Å². The minimum absolute atomic E-state index is 0.226. The topological polar surface area (TPSA) is 67.4 Å². The van der Waals surface area contributed by atoms with E-state index in [0.717, 1.165) is 0 Å². The molecule has 3 aromatic rings. The second kappa shape index (κ2) is 9.01. The number of anilines is 2. The first-order valence-corrected chi connectivity index (χ1v) is 8.73. The van der Waals surface area contributed by atoms with Gasteiger partial charge < -0.3 is 15.4 Å². The third kappa shape index (κ3) is 5.31. The van der Waals surface area contributed by atoms with Crippen LogP contribution in [-0.2, 0) is 4.79 Å². The summed E-state index contributed by atoms with van der Waals surface area (Å²) < 4.78 is 18.3. The summed E-state index contributed by atoms with van der Waals surface area (Å²) in [7, 11) is 0. The molecule has 0 saturated carbocycles. The molecule has 7 heteroatoms. The van der Waals surface area contributed by atoms with Gasteiger partial charge in [-0.1, -0.05) is 29.8 Å². The van der Waals surface area contributed by atoms with E-state index >= 15 is 0 Å². The Bertz CT molecular complexity index is 993. The van der Waals surface area contributed by atoms with Crippen LogP contribution >= 0.6 is 11.6 Å². The molecule has 5 nitrogen and oxygen atoms in total. The number of nitrogens with one attached hydrogen (secondary N) is 2. The summed E-state index contributed by atoms with van der Waals surface area (Å²) in [5, 5.41) is 5.73. The van der Waals surface area contributed by atoms with Crippen LogP contribution < -0.4 is 15.4 Å². The fraction of sp³-hybridized carbons (Fsp3) is 0.0476. The van der Waals surface area contributed by atoms with Crippen molar-refractivity contribution in [1.29, 1.82) is 0 Å². The van der Waals surface area contributed by atoms with Gasteiger partial charge >= 0.3 is 0 Å². The van der Waals surface area contributed by atoms with Crippen LogP contribution in [0.15, 0.2) is 72.8 Å². The van der Waals surface area contributed by atoms with E-state index in [2.05, 4.69) is 10.6 Å². The molecular formula is C21H16ClFN2O3. The minimum Gasteiger partial charge on any atom is -0.482 e. The maximum absolute atomic E-state index is 12.9. The molecule has 0 aliphatic heterocycles. The SMILES string of the molecule is O=C(COc1ccccc1Cl)Nc1cccc(C(=O)Nc2ccc(F)cc2)c1. The fourth-order valence-corrected chi connectivity index (χ4v) is 2.57. The highest BCUT2D eigenvalue weighted by Crippen LogP contribution is 2.23. The van der Waals surface area contributed by atoms with Crippen molar-refractivity contribution < 1.29 is 18.7 Å². The molecule has 3 aromatic carbocycles. The molecule has 0 aromatic heterocycles. The lowest BCUT2D eigenvalue weighted by Gasteiger charge is -2.10. The largest absolute Gasteiger partial charge is 0.482 e. The number of para-hydroxylation sites is 1. The summed E-state index contributed by atoms with van der Waals surface area (Å²) in [6, 6.07) is 18.7. The van der Waals surface area contributed by atoms with Gasteiger partial charge in [0.2, 0.25) is 0 Å². The molecule has 0 bridgehead atoms. The molecule has 0 radical (unpaired) electrons. The Labute approximate surface area is 166 Å². The maximum atomic E-state index is 12.9. The highest BCUT2D eigenvalue weighted by Gasteiger charge is 2.10. The Morgan fingerprint density at radius 3 is 2.39 bits per heavy atom. The summed E-state index contributed by atoms with van der Waals surface area (Å²) in [5.74, 6) is -0.750. The third-order valence-corrected chi connectivity index (χ3v) is 4.02. The van der Waals surface area contributed by atoms with Crippen molar-refractivity contribution in [3.8, 4) is 5.75 Å². The van der Waals surface area contributed by atoms with Gasteiger partial charge in [0, 0.05) is 16.9 Å². The number of rotatable bonds is 6. The van der Waals surface area contributed by atoms with Crippen molar-refractivity contribution in [3.05, 3.63) is 89.2 Å². The first-order chi connectivity index (χ1) is 13.5. The van der Waals surface area contributed by atoms with Crippen molar-refractivity contribution >= 4 is 34.8 Å². The van der Waals surface area contributed by atoms with Gasteiger partial charge in [-0.05, 0) is 54.6 Å². The van der Waals surface area contributed by atoms with E-state index < -0.39 is 5.91 Å². The molecular weight excluding hydrogens is 383 g/mol. The zero-order valence-electron chi connectivity index (χ0n) is 14.6. The molecule has 28 heavy (non-hydrogen) atoms. The Morgan fingerprint density at radius 2 is 1.64 bits per heavy atom. The zero-order valence-corrected chi connectivity index (χ0v) is 15.4. The molecule has 2 amide bonds. The average molecular weight is 399 g/mol. The van der Waals surface area contributed by atoms with Crippen molar-refractivity contribution in [2.24, 2.45) is 0 Å². The molecule has 3 rings (SSSR count). The van der Waals surface area contributed by atoms with Gasteiger partial charge in [0.05, 0.1) is 5.02 Å². The molecule has 0 saturated heterocycles. The number of amides is 2. The molecule has 0 fully saturated rings. The summed E-state index contributed by atoms with van der Waals surface area (Å²) >= 11 is 5.98. The standard InChI is InChI=1S/C21H16ClFN2O3/c22-18-6-1-2-7-19(18)28-13-20(26)24-17-5-3-4-14(12-17)21(27)25-16-10-8-15(23)9-11-16/h1-12H,13H2,(H,24,26)(H,25,27). The quantitative estimate of drug-likeness (QED) is 0.629. The Kier molecular flexibility index (Phi) is 6.24. The average Bonchev–Trinajstić information content (AvgIpc) is 2.69. The number of ether oxygens (including phenoxy) is 1. The Balaban J connectivity index is 1.59. The highest BCUT2D eigenvalue weighted by atomic mass is 35.5. The van der Waals surface area contributed by atoms with Crippen LogP contribution in [0.5, 0.6) is 5.75 Å². The van der Waals surface area contributed by atoms with Crippen molar-refractivity contribution in [2.75, 3.05) is 17.2 Å². The summed E-state index contributed by atoms with van der Waals surface area (Å²) in [6.07, 6.45) is 0. The van der Waals surface area contributed by atoms with Crippen LogP contribution in [-0.4, -0.2) is 18.4 Å². The van der Waals surface area contributed by atoms with Gasteiger partial charge in [-0.3, -0.25) is 9.59 Å². The molecule has 0 aliphatic rings. The van der Waals surface area contributed by atoms with E-state index in [1.54, 1.807) is 42.5 Å². The monoisotopic (exact) mass is 398 g/mol. The van der Waals surface area contributed by atoms with Gasteiger partial charge in [0.25, 0.3) is 11.8 Å². The normalized spacial score (nSPS) is 10.2. The van der Waals surface area contributed by atoms with Crippen molar-refractivity contribution in [1.82, 2.24) is 0 Å². The summed E-state index contributed by atoms with van der Waals surface area (Å²) in [6.45, 7) is -0.226. The van der Waals surface area contributed by atoms with Crippen LogP contribution in [0.2, 0.25) is 5.02 Å². The molecule has 0 atom stereocenters. The van der Waals surface area contributed by atoms with Crippen LogP contribution in [0, 0.1) is 5.82 Å². The minimum atomic E-state index is -0.393. The van der Waals surface area contributed by atoms with E-state index in [4.69, 9.17) is 16.3 Å². The van der Waals surface area contributed by atoms with Crippen molar-refractivity contribution in [3.63, 3.8) is 0 Å². The van der Waals surface area contributed by atoms with Gasteiger partial charge in [-0.15, -0.1) is 0 Å². The summed E-state index contributed by atoms with van der Waals surface area (Å²) in [5.41, 5.74) is 1.25. The third-order valence-electron chi connectivity index (χ3n) is 3.71. The summed E-state index contributed by atoms with van der Waals surface area (Å²) in [4.78, 5) is 24.4. The molecule has 2 N–H and O–H groups in total. The first kappa shape index (κ1) is 19.4. The van der Waals surface area contributed by atoms with Crippen LogP contribution in [0.25, 0.3) is 0 Å². The predicted octanol–water partition coefficient (Wildman–Crippen LogP) is 4.75. The van der Waals surface area contributed by atoms with E-state index in [1.165, 1.54) is 30.3 Å². The number of carbonyl (C=O) groups excluding carboxylic acids is 2. The smallest absolute Gasteiger partial charge is 0.262 e. The van der Waals surface area contributed by atoms with Crippen LogP contribution in [0.1, 0.15) is 10.4 Å². The first-order valence-electron chi connectivity index (χ1n) is 8.35. The van der Waals surface area contributed by atoms with Crippen LogP contribution in [0.3, 0.4) is 0 Å². The van der Waals surface area contributed by atoms with Crippen LogP contribution in [0.4, 0.5) is 15.8 Å². The van der Waals surface area contributed by atoms with Gasteiger partial charge in [0.15, 0.2) is 6.61 Å². The number of hydrogen-bond donors (Lipinski definition) is 2. The molecule has 142 valence electrons. The molecule has 0 aliphatic carbocycles. The molecule has 0 spiro atoms. The Hall–Kier alpha value is -3.38. The second-order valence-electron chi connectivity index (χ2n) is 5.81.